The number of likely N-dealkylation sites (N-methyl/N-ethyl adjacent to an activating group) is 1. The topological polar surface area (TPSA) is 71.4 Å². The fourth-order valence-electron chi connectivity index (χ4n) is 1.68. The smallest absolute Gasteiger partial charge is 0.336 e. The first kappa shape index (κ1) is 14.1. The molecule has 0 aromatic carbocycles. The second-order valence-electron chi connectivity index (χ2n) is 4.89. The summed E-state index contributed by atoms with van der Waals surface area (Å²) in [5, 5.41) is 3.59. The molecule has 1 aromatic heterocycles. The van der Waals surface area contributed by atoms with Gasteiger partial charge in [0.2, 0.25) is 0 Å². The Bertz CT molecular complexity index is 437. The Morgan fingerprint density at radius 3 is 2.32 bits per heavy atom. The Morgan fingerprint density at radius 1 is 1.21 bits per heavy atom. The number of aromatic nitrogens is 2. The van der Waals surface area contributed by atoms with Crippen molar-refractivity contribution in [1.29, 1.82) is 0 Å². The fraction of sp³-hybridized carbons (Fsp3) is 0.800. The summed E-state index contributed by atoms with van der Waals surface area (Å²) in [5.74, 6) is -0.460. The molecule has 1 fully saturated rings. The van der Waals surface area contributed by atoms with E-state index in [0.717, 1.165) is 20.0 Å². The van der Waals surface area contributed by atoms with Crippen LogP contribution in [0.2, 0.25) is 0 Å². The third-order valence-corrected chi connectivity index (χ3v) is 3.23. The second kappa shape index (κ2) is 4.64. The van der Waals surface area contributed by atoms with Crippen molar-refractivity contribution in [3.05, 3.63) is 5.89 Å². The number of piperazine rings is 1. The van der Waals surface area contributed by atoms with Crippen LogP contribution in [-0.2, 0) is 5.54 Å². The van der Waals surface area contributed by atoms with Gasteiger partial charge >= 0.3 is 6.18 Å². The fourth-order valence-corrected chi connectivity index (χ4v) is 1.68. The van der Waals surface area contributed by atoms with Crippen molar-refractivity contribution in [1.82, 2.24) is 15.0 Å². The van der Waals surface area contributed by atoms with Crippen molar-refractivity contribution in [3.8, 4) is 0 Å². The molecular weight excluding hydrogens is 263 g/mol. The minimum atomic E-state index is -4.64. The predicted molar refractivity (Wildman–Crippen MR) is 61.6 cm³/mol. The van der Waals surface area contributed by atoms with E-state index in [-0.39, 0.29) is 5.95 Å². The number of nitrogens with zero attached hydrogens (tertiary/aromatic N) is 4. The average Bonchev–Trinajstić information content (AvgIpc) is 2.78. The molecule has 19 heavy (non-hydrogen) atoms. The number of alkyl halides is 3. The van der Waals surface area contributed by atoms with E-state index in [1.165, 1.54) is 0 Å². The lowest BCUT2D eigenvalue weighted by atomic mass is 10.0. The van der Waals surface area contributed by atoms with Crippen LogP contribution in [0, 0.1) is 0 Å². The van der Waals surface area contributed by atoms with Gasteiger partial charge in [-0.3, -0.25) is 0 Å². The molecule has 9 heteroatoms. The molecule has 0 bridgehead atoms. The van der Waals surface area contributed by atoms with Crippen molar-refractivity contribution in [2.45, 2.75) is 18.6 Å². The normalized spacial score (nSPS) is 21.5. The SMILES string of the molecule is CN1CCN(c2noc(C(C)(N)C(F)(F)F)n2)CC1. The van der Waals surface area contributed by atoms with Crippen LogP contribution in [0.4, 0.5) is 19.1 Å². The summed E-state index contributed by atoms with van der Waals surface area (Å²) < 4.78 is 42.9. The molecule has 1 aromatic rings. The number of rotatable bonds is 2. The number of hydrogen-bond acceptors (Lipinski definition) is 6. The van der Waals surface area contributed by atoms with Crippen molar-refractivity contribution < 1.29 is 17.7 Å². The van der Waals surface area contributed by atoms with E-state index < -0.39 is 17.6 Å². The van der Waals surface area contributed by atoms with Gasteiger partial charge in [-0.05, 0) is 19.1 Å². The van der Waals surface area contributed by atoms with Gasteiger partial charge in [-0.1, -0.05) is 0 Å². The van der Waals surface area contributed by atoms with Gasteiger partial charge < -0.3 is 20.1 Å². The molecule has 1 unspecified atom stereocenters. The highest BCUT2D eigenvalue weighted by Gasteiger charge is 2.53. The van der Waals surface area contributed by atoms with Crippen LogP contribution in [0.3, 0.4) is 0 Å². The molecule has 6 nitrogen and oxygen atoms in total. The molecule has 0 spiro atoms. The molecule has 2 N–H and O–H groups in total. The van der Waals surface area contributed by atoms with Gasteiger partial charge in [-0.15, -0.1) is 0 Å². The van der Waals surface area contributed by atoms with Gasteiger partial charge in [0.25, 0.3) is 11.8 Å². The zero-order valence-corrected chi connectivity index (χ0v) is 10.7. The van der Waals surface area contributed by atoms with Gasteiger partial charge in [-0.2, -0.15) is 18.2 Å². The number of anilines is 1. The first-order valence-corrected chi connectivity index (χ1v) is 5.85. The summed E-state index contributed by atoms with van der Waals surface area (Å²) in [7, 11) is 1.97. The molecule has 108 valence electrons. The van der Waals surface area contributed by atoms with E-state index in [0.29, 0.717) is 13.1 Å². The summed E-state index contributed by atoms with van der Waals surface area (Å²) in [5.41, 5.74) is 2.60. The lowest BCUT2D eigenvalue weighted by Gasteiger charge is -2.31. The highest BCUT2D eigenvalue weighted by atomic mass is 19.4. The molecule has 1 aliphatic heterocycles. The van der Waals surface area contributed by atoms with Crippen molar-refractivity contribution >= 4 is 5.95 Å². The zero-order chi connectivity index (χ0) is 14.3. The van der Waals surface area contributed by atoms with Crippen molar-refractivity contribution in [2.75, 3.05) is 38.1 Å². The second-order valence-corrected chi connectivity index (χ2v) is 4.89. The summed E-state index contributed by atoms with van der Waals surface area (Å²) in [6, 6.07) is 0. The van der Waals surface area contributed by atoms with Gasteiger partial charge in [0.15, 0.2) is 5.54 Å². The molecule has 2 heterocycles. The van der Waals surface area contributed by atoms with Crippen LogP contribution in [-0.4, -0.2) is 54.4 Å². The quantitative estimate of drug-likeness (QED) is 0.853. The molecule has 0 amide bonds. The third-order valence-electron chi connectivity index (χ3n) is 3.23. The maximum atomic E-state index is 12.7. The van der Waals surface area contributed by atoms with Gasteiger partial charge in [0, 0.05) is 26.2 Å². The average molecular weight is 279 g/mol. The largest absolute Gasteiger partial charge is 0.415 e. The molecule has 1 atom stereocenters. The summed E-state index contributed by atoms with van der Waals surface area (Å²) in [4.78, 5) is 7.67. The van der Waals surface area contributed by atoms with Crippen LogP contribution in [0.15, 0.2) is 4.52 Å². The summed E-state index contributed by atoms with van der Waals surface area (Å²) in [6.45, 7) is 3.69. The monoisotopic (exact) mass is 279 g/mol. The minimum Gasteiger partial charge on any atom is -0.336 e. The van der Waals surface area contributed by atoms with E-state index in [9.17, 15) is 13.2 Å². The van der Waals surface area contributed by atoms with Crippen molar-refractivity contribution in [3.63, 3.8) is 0 Å². The molecule has 0 saturated carbocycles. The Hall–Kier alpha value is -1.35. The maximum absolute atomic E-state index is 12.7. The van der Waals surface area contributed by atoms with E-state index in [4.69, 9.17) is 5.73 Å². The van der Waals surface area contributed by atoms with Gasteiger partial charge in [-0.25, -0.2) is 0 Å². The van der Waals surface area contributed by atoms with Crippen molar-refractivity contribution in [2.24, 2.45) is 5.73 Å². The van der Waals surface area contributed by atoms with Crippen LogP contribution in [0.1, 0.15) is 12.8 Å². The highest BCUT2D eigenvalue weighted by Crippen LogP contribution is 2.35. The van der Waals surface area contributed by atoms with E-state index in [2.05, 4.69) is 19.6 Å². The van der Waals surface area contributed by atoms with E-state index in [1.54, 1.807) is 4.90 Å². The number of hydrogen-bond donors (Lipinski definition) is 1. The summed E-state index contributed by atoms with van der Waals surface area (Å²) >= 11 is 0. The number of nitrogens with two attached hydrogens (primary N) is 1. The summed E-state index contributed by atoms with van der Waals surface area (Å²) in [6.07, 6.45) is -4.64. The lowest BCUT2D eigenvalue weighted by Crippen LogP contribution is -2.48. The minimum absolute atomic E-state index is 0.157. The lowest BCUT2D eigenvalue weighted by molar-refractivity contribution is -0.190. The van der Waals surface area contributed by atoms with Gasteiger partial charge in [0.1, 0.15) is 0 Å². The first-order chi connectivity index (χ1) is 8.72. The standard InChI is InChI=1S/C10H16F3N5O/c1-9(14,10(11,12)13)7-15-8(16-19-7)18-5-3-17(2)4-6-18/h3-6,14H2,1-2H3. The number of halogens is 3. The van der Waals surface area contributed by atoms with Crippen LogP contribution in [0.5, 0.6) is 0 Å². The molecule has 1 aliphatic rings. The highest BCUT2D eigenvalue weighted by molar-refractivity contribution is 5.29. The molecule has 1 saturated heterocycles. The first-order valence-electron chi connectivity index (χ1n) is 5.85. The zero-order valence-electron chi connectivity index (χ0n) is 10.7. The van der Waals surface area contributed by atoms with E-state index >= 15 is 0 Å². The maximum Gasteiger partial charge on any atom is 0.415 e. The Labute approximate surface area is 108 Å². The van der Waals surface area contributed by atoms with Crippen LogP contribution in [0.25, 0.3) is 0 Å². The molecule has 0 aliphatic carbocycles. The van der Waals surface area contributed by atoms with E-state index in [1.807, 2.05) is 7.05 Å². The predicted octanol–water partition coefficient (Wildman–Crippen LogP) is 0.558. The molecule has 0 radical (unpaired) electrons. The van der Waals surface area contributed by atoms with Crippen LogP contribution < -0.4 is 10.6 Å². The third kappa shape index (κ3) is 2.66. The van der Waals surface area contributed by atoms with Gasteiger partial charge in [0.05, 0.1) is 0 Å². The molecular formula is C10H16F3N5O. The Balaban J connectivity index is 2.15. The Morgan fingerprint density at radius 2 is 1.79 bits per heavy atom. The molecule has 2 rings (SSSR count). The van der Waals surface area contributed by atoms with Crippen LogP contribution >= 0.6 is 0 Å². The Kier molecular flexibility index (Phi) is 3.43.